The molecule has 18 rings (SSSR count). The third-order valence-electron chi connectivity index (χ3n) is 20.9. The van der Waals surface area contributed by atoms with Crippen LogP contribution in [0.15, 0.2) is 284 Å². The van der Waals surface area contributed by atoms with Gasteiger partial charge in [-0.15, -0.1) is 11.3 Å². The number of hydrogen-bond donors (Lipinski definition) is 3. The van der Waals surface area contributed by atoms with Gasteiger partial charge in [0.05, 0.1) is 31.3 Å². The van der Waals surface area contributed by atoms with Gasteiger partial charge in [-0.1, -0.05) is 351 Å². The van der Waals surface area contributed by atoms with E-state index in [9.17, 15) is 0 Å². The van der Waals surface area contributed by atoms with Crippen molar-refractivity contribution in [2.24, 2.45) is 0 Å². The minimum atomic E-state index is 0.0864. The molecular weight excluding hydrogens is 1480 g/mol. The molecule has 0 saturated carbocycles. The molecule has 9 heteroatoms. The van der Waals surface area contributed by atoms with Gasteiger partial charge >= 0.3 is 0 Å². The Morgan fingerprint density at radius 2 is 0.650 bits per heavy atom. The summed E-state index contributed by atoms with van der Waals surface area (Å²) in [6, 6.07) is 64.5. The summed E-state index contributed by atoms with van der Waals surface area (Å²) in [4.78, 5) is 11.1. The SMILES string of the molecule is CC(C)(C)c1[nH]cc2ccccc12.CC(C)(C)c1ccc2c[nH]cc2c1.CC(C)(C)c1ccc2cocc2c1.CC(C)(C)c1ccc2cscc2c1.CC(C)(C)c1cccc2c[nH]cc12.CC(C)(C)c1cccc2cocc12.CC(C)(C)c1cccc2cscc12.CC(C)(C)c1occ2ccccc12.CC(C)(C)c1scc2ccccc12. The van der Waals surface area contributed by atoms with Gasteiger partial charge in [0.2, 0.25) is 0 Å². The molecule has 18 aromatic rings. The van der Waals surface area contributed by atoms with E-state index in [1.54, 1.807) is 41.5 Å². The molecule has 117 heavy (non-hydrogen) atoms. The van der Waals surface area contributed by atoms with Crippen LogP contribution in [0.2, 0.25) is 0 Å². The fourth-order valence-electron chi connectivity index (χ4n) is 14.3. The molecule has 9 heterocycles. The van der Waals surface area contributed by atoms with E-state index in [1.165, 1.54) is 141 Å². The zero-order valence-corrected chi connectivity index (χ0v) is 77.4. The maximum absolute atomic E-state index is 5.58. The topological polar surface area (TPSA) is 86.8 Å². The van der Waals surface area contributed by atoms with Crippen molar-refractivity contribution < 1.29 is 13.3 Å². The maximum atomic E-state index is 5.58. The van der Waals surface area contributed by atoms with Crippen LogP contribution in [0, 0.1) is 0 Å². The smallest absolute Gasteiger partial charge is 0.116 e. The predicted octanol–water partition coefficient (Wildman–Crippen LogP) is 34.2. The highest BCUT2D eigenvalue weighted by molar-refractivity contribution is 7.11. The van der Waals surface area contributed by atoms with Gasteiger partial charge in [-0.25, -0.2) is 0 Å². The largest absolute Gasteiger partial charge is 0.471 e. The third kappa shape index (κ3) is 23.5. The summed E-state index contributed by atoms with van der Waals surface area (Å²) in [5.74, 6) is 1.07. The summed E-state index contributed by atoms with van der Waals surface area (Å²) in [5, 5.41) is 34.5. The van der Waals surface area contributed by atoms with Crippen LogP contribution in [0.5, 0.6) is 0 Å². The fraction of sp³-hybridized carbons (Fsp3) is 0.333. The van der Waals surface area contributed by atoms with Crippen molar-refractivity contribution in [1.29, 1.82) is 0 Å². The monoisotopic (exact) mass is 1610 g/mol. The Morgan fingerprint density at radius 3 is 1.24 bits per heavy atom. The van der Waals surface area contributed by atoms with Gasteiger partial charge in [0.15, 0.2) is 0 Å². The van der Waals surface area contributed by atoms with E-state index in [1.807, 2.05) is 54.6 Å². The number of nitrogens with one attached hydrogen (secondary N) is 3. The van der Waals surface area contributed by atoms with Crippen molar-refractivity contribution in [3.63, 3.8) is 0 Å². The van der Waals surface area contributed by atoms with Gasteiger partial charge < -0.3 is 28.2 Å². The molecule has 3 N–H and O–H groups in total. The van der Waals surface area contributed by atoms with Gasteiger partial charge in [0.1, 0.15) is 5.76 Å². The lowest BCUT2D eigenvalue weighted by Gasteiger charge is -2.19. The second-order valence-electron chi connectivity index (χ2n) is 40.2. The number of H-pyrrole nitrogens is 3. The highest BCUT2D eigenvalue weighted by Gasteiger charge is 2.24. The number of benzene rings is 9. The first-order valence-corrected chi connectivity index (χ1v) is 44.0. The lowest BCUT2D eigenvalue weighted by molar-refractivity contribution is 0.415. The average Bonchev–Trinajstić information content (AvgIpc) is 1.65. The first-order valence-electron chi connectivity index (χ1n) is 41.2. The molecule has 0 radical (unpaired) electrons. The highest BCUT2D eigenvalue weighted by atomic mass is 32.1. The predicted molar refractivity (Wildman–Crippen MR) is 517 cm³/mol. The Morgan fingerprint density at radius 1 is 0.239 bits per heavy atom. The highest BCUT2D eigenvalue weighted by Crippen LogP contribution is 2.39. The van der Waals surface area contributed by atoms with Crippen LogP contribution in [0.1, 0.15) is 237 Å². The molecule has 0 aliphatic carbocycles. The zero-order valence-electron chi connectivity index (χ0n) is 74.9. The van der Waals surface area contributed by atoms with Gasteiger partial charge in [-0.3, -0.25) is 0 Å². The van der Waals surface area contributed by atoms with Crippen LogP contribution in [-0.4, -0.2) is 15.0 Å². The van der Waals surface area contributed by atoms with E-state index in [0.29, 0.717) is 0 Å². The minimum Gasteiger partial charge on any atom is -0.471 e. The molecule has 9 aromatic carbocycles. The molecule has 0 fully saturated rings. The average molecular weight is 1610 g/mol. The van der Waals surface area contributed by atoms with E-state index < -0.39 is 0 Å². The molecule has 0 bridgehead atoms. The Labute approximate surface area is 710 Å². The van der Waals surface area contributed by atoms with Crippen LogP contribution in [0.4, 0.5) is 0 Å². The van der Waals surface area contributed by atoms with E-state index in [0.717, 1.165) is 5.76 Å². The fourth-order valence-corrected chi connectivity index (χ4v) is 17.0. The third-order valence-corrected chi connectivity index (χ3v) is 23.9. The van der Waals surface area contributed by atoms with E-state index >= 15 is 0 Å². The lowest BCUT2D eigenvalue weighted by Crippen LogP contribution is -2.11. The number of rotatable bonds is 0. The first kappa shape index (κ1) is 89.4. The summed E-state index contributed by atoms with van der Waals surface area (Å²) in [5.41, 5.74) is 11.6. The standard InChI is InChI=1S/3C12H15N.3C12H14O.3C12H14S/c1-12(2,3)11-5-4-9-7-13-8-10(9)6-11;1-12(2,3)11-6-4-5-9-7-13-8-10(9)11;1-12(2,3)11-10-7-5-4-6-9(10)8-13-11;1-12(2,3)11-5-4-9-7-13-8-10(9)6-11;1-12(2,3)11-6-4-5-9-7-13-8-10(9)11;1-12(2,3)11-10-7-5-4-6-9(10)8-13-11;1-12(2,3)11-5-4-9-7-13-8-10(9)6-11;1-12(2,3)11-6-4-5-9-7-13-8-10(9)11;1-12(2,3)11-10-7-5-4-6-9(10)8-13-11/h3*4-8,13H,1-3H3;6*4-8H,1-3H3. The van der Waals surface area contributed by atoms with Crippen LogP contribution in [-0.2, 0) is 48.7 Å². The number of aromatic amines is 3. The second kappa shape index (κ2) is 36.5. The molecule has 0 aliphatic heterocycles. The molecule has 0 spiro atoms. The summed E-state index contributed by atoms with van der Waals surface area (Å²) < 4.78 is 15.9. The van der Waals surface area contributed by atoms with Crippen molar-refractivity contribution >= 4 is 131 Å². The molecule has 612 valence electrons. The first-order chi connectivity index (χ1) is 54.7. The minimum absolute atomic E-state index is 0.0864. The van der Waals surface area contributed by atoms with Gasteiger partial charge in [0.25, 0.3) is 0 Å². The summed E-state index contributed by atoms with van der Waals surface area (Å²) >= 11 is 5.43. The quantitative estimate of drug-likeness (QED) is 0.141. The molecule has 6 nitrogen and oxygen atoms in total. The van der Waals surface area contributed by atoms with E-state index in [-0.39, 0.29) is 48.7 Å². The molecular formula is C108H129N3O3S3. The number of fused-ring (bicyclic) bond motifs is 9. The van der Waals surface area contributed by atoms with Crippen molar-refractivity contribution in [1.82, 2.24) is 15.0 Å². The van der Waals surface area contributed by atoms with Gasteiger partial charge in [-0.2, -0.15) is 22.7 Å². The van der Waals surface area contributed by atoms with Gasteiger partial charge in [-0.05, 0) is 170 Å². The van der Waals surface area contributed by atoms with Crippen LogP contribution in [0.3, 0.4) is 0 Å². The summed E-state index contributed by atoms with van der Waals surface area (Å²) in [6.07, 6.45) is 19.3. The van der Waals surface area contributed by atoms with Crippen LogP contribution < -0.4 is 0 Å². The van der Waals surface area contributed by atoms with Crippen molar-refractivity contribution in [2.75, 3.05) is 0 Å². The zero-order chi connectivity index (χ0) is 85.3. The Kier molecular flexibility index (Phi) is 27.9. The van der Waals surface area contributed by atoms with E-state index in [4.69, 9.17) is 13.3 Å². The Hall–Kier alpha value is -9.90. The number of thiophene rings is 3. The molecule has 9 aromatic heterocycles. The lowest BCUT2D eigenvalue weighted by atomic mass is 9.85. The Bertz CT molecular complexity index is 5550. The van der Waals surface area contributed by atoms with Crippen molar-refractivity contribution in [2.45, 2.75) is 236 Å². The normalized spacial score (nSPS) is 12.2. The van der Waals surface area contributed by atoms with Crippen molar-refractivity contribution in [3.8, 4) is 0 Å². The maximum Gasteiger partial charge on any atom is 0.116 e. The van der Waals surface area contributed by atoms with E-state index in [2.05, 4.69) is 411 Å². The number of furan rings is 3. The molecule has 0 unspecified atom stereocenters. The summed E-state index contributed by atoms with van der Waals surface area (Å²) in [7, 11) is 0. The van der Waals surface area contributed by atoms with Gasteiger partial charge in [0, 0.05) is 95.5 Å². The molecule has 0 aliphatic rings. The number of aromatic nitrogens is 3. The Balaban J connectivity index is 0.000000139. The molecule has 0 amide bonds. The summed E-state index contributed by atoms with van der Waals surface area (Å²) in [6.45, 7) is 60.3. The second-order valence-corrected chi connectivity index (χ2v) is 42.5. The molecule has 0 saturated heterocycles. The van der Waals surface area contributed by atoms with Crippen LogP contribution >= 0.6 is 34.0 Å². The van der Waals surface area contributed by atoms with Crippen molar-refractivity contribution in [3.05, 3.63) is 321 Å². The number of hydrogen-bond acceptors (Lipinski definition) is 6. The van der Waals surface area contributed by atoms with Crippen LogP contribution in [0.25, 0.3) is 97.0 Å². The molecule has 0 atom stereocenters.